The molecular weight excluding hydrogens is 338 g/mol. The number of methoxy groups -OCH3 is 2. The summed E-state index contributed by atoms with van der Waals surface area (Å²) in [6.45, 7) is 1.80. The van der Waals surface area contributed by atoms with E-state index in [-0.39, 0.29) is 19.2 Å². The molecule has 7 heteroatoms. The number of carbonyl (C=O) groups excluding carboxylic acids is 1. The van der Waals surface area contributed by atoms with E-state index in [9.17, 15) is 9.90 Å². The molecule has 1 unspecified atom stereocenters. The van der Waals surface area contributed by atoms with Crippen LogP contribution in [0.4, 0.5) is 0 Å². The van der Waals surface area contributed by atoms with E-state index in [4.69, 9.17) is 18.9 Å². The first-order chi connectivity index (χ1) is 12.4. The van der Waals surface area contributed by atoms with E-state index in [0.29, 0.717) is 34.1 Å². The number of hydrogen-bond donors (Lipinski definition) is 2. The van der Waals surface area contributed by atoms with Crippen LogP contribution < -0.4 is 24.3 Å². The van der Waals surface area contributed by atoms with Crippen LogP contribution in [0.3, 0.4) is 0 Å². The van der Waals surface area contributed by atoms with Crippen molar-refractivity contribution in [2.75, 3.05) is 27.6 Å². The number of ether oxygens (including phenoxy) is 4. The highest BCUT2D eigenvalue weighted by atomic mass is 16.7. The van der Waals surface area contributed by atoms with Gasteiger partial charge in [0.15, 0.2) is 11.5 Å². The second kappa shape index (κ2) is 7.13. The molecule has 2 aromatic rings. The monoisotopic (exact) mass is 359 g/mol. The number of amides is 1. The molecule has 1 atom stereocenters. The van der Waals surface area contributed by atoms with Gasteiger partial charge in [0.25, 0.3) is 5.91 Å². The van der Waals surface area contributed by atoms with Crippen molar-refractivity contribution in [1.29, 1.82) is 0 Å². The summed E-state index contributed by atoms with van der Waals surface area (Å²) in [6, 6.07) is 10.1. The van der Waals surface area contributed by atoms with Crippen molar-refractivity contribution in [3.05, 3.63) is 47.5 Å². The van der Waals surface area contributed by atoms with E-state index in [2.05, 4.69) is 5.32 Å². The van der Waals surface area contributed by atoms with E-state index in [1.54, 1.807) is 43.3 Å². The van der Waals surface area contributed by atoms with Crippen molar-refractivity contribution >= 4 is 5.91 Å². The first kappa shape index (κ1) is 17.9. The minimum absolute atomic E-state index is 0.0145. The molecule has 1 aliphatic rings. The molecule has 1 heterocycles. The lowest BCUT2D eigenvalue weighted by Crippen LogP contribution is -2.38. The maximum absolute atomic E-state index is 12.5. The Morgan fingerprint density at radius 3 is 2.65 bits per heavy atom. The van der Waals surface area contributed by atoms with Crippen LogP contribution >= 0.6 is 0 Å². The van der Waals surface area contributed by atoms with Crippen LogP contribution in [-0.4, -0.2) is 38.6 Å². The number of rotatable bonds is 6. The minimum atomic E-state index is -1.28. The van der Waals surface area contributed by atoms with Gasteiger partial charge in [-0.25, -0.2) is 0 Å². The van der Waals surface area contributed by atoms with Crippen molar-refractivity contribution in [3.63, 3.8) is 0 Å². The normalized spacial score (nSPS) is 14.5. The fourth-order valence-electron chi connectivity index (χ4n) is 2.67. The van der Waals surface area contributed by atoms with Gasteiger partial charge in [0, 0.05) is 6.07 Å². The molecule has 2 N–H and O–H groups in total. The highest BCUT2D eigenvalue weighted by Gasteiger charge is 2.27. The molecule has 0 saturated carbocycles. The Balaban J connectivity index is 1.72. The van der Waals surface area contributed by atoms with E-state index in [1.165, 1.54) is 14.2 Å². The van der Waals surface area contributed by atoms with Crippen molar-refractivity contribution in [2.45, 2.75) is 12.5 Å². The molecule has 0 fully saturated rings. The molecule has 138 valence electrons. The Kier molecular flexibility index (Phi) is 4.90. The zero-order valence-electron chi connectivity index (χ0n) is 14.9. The Hall–Kier alpha value is -2.93. The zero-order valence-corrected chi connectivity index (χ0v) is 14.9. The van der Waals surface area contributed by atoms with Gasteiger partial charge in [-0.05, 0) is 36.8 Å². The summed E-state index contributed by atoms with van der Waals surface area (Å²) in [5, 5.41) is 13.5. The van der Waals surface area contributed by atoms with Gasteiger partial charge in [-0.2, -0.15) is 0 Å². The van der Waals surface area contributed by atoms with Crippen LogP contribution in [0.5, 0.6) is 23.0 Å². The van der Waals surface area contributed by atoms with Crippen LogP contribution in [0.1, 0.15) is 22.8 Å². The van der Waals surface area contributed by atoms with Gasteiger partial charge < -0.3 is 29.4 Å². The van der Waals surface area contributed by atoms with Gasteiger partial charge in [0.05, 0.1) is 26.3 Å². The fourth-order valence-corrected chi connectivity index (χ4v) is 2.67. The van der Waals surface area contributed by atoms with Gasteiger partial charge in [-0.15, -0.1) is 0 Å². The molecule has 1 aliphatic heterocycles. The molecule has 0 saturated heterocycles. The van der Waals surface area contributed by atoms with Gasteiger partial charge >= 0.3 is 0 Å². The van der Waals surface area contributed by atoms with Crippen LogP contribution in [0.15, 0.2) is 36.4 Å². The minimum Gasteiger partial charge on any atom is -0.497 e. The van der Waals surface area contributed by atoms with Crippen molar-refractivity contribution in [2.24, 2.45) is 0 Å². The SMILES string of the molecule is COc1ccc(C(=O)NCC(C)(O)c2ccc3c(c2)OCO3)c(OC)c1. The maximum Gasteiger partial charge on any atom is 0.255 e. The third-order valence-electron chi connectivity index (χ3n) is 4.24. The Labute approximate surface area is 151 Å². The number of benzene rings is 2. The number of nitrogens with one attached hydrogen (secondary N) is 1. The first-order valence-electron chi connectivity index (χ1n) is 8.07. The van der Waals surface area contributed by atoms with Crippen LogP contribution in [0, 0.1) is 0 Å². The van der Waals surface area contributed by atoms with E-state index in [0.717, 1.165) is 0 Å². The third-order valence-corrected chi connectivity index (χ3v) is 4.24. The van der Waals surface area contributed by atoms with Gasteiger partial charge in [-0.3, -0.25) is 4.79 Å². The zero-order chi connectivity index (χ0) is 18.7. The third kappa shape index (κ3) is 3.52. The second-order valence-electron chi connectivity index (χ2n) is 6.09. The highest BCUT2D eigenvalue weighted by molar-refractivity contribution is 5.97. The lowest BCUT2D eigenvalue weighted by molar-refractivity contribution is 0.0524. The van der Waals surface area contributed by atoms with Crippen LogP contribution in [0.25, 0.3) is 0 Å². The molecule has 7 nitrogen and oxygen atoms in total. The molecule has 2 aromatic carbocycles. The summed E-state index contributed by atoms with van der Waals surface area (Å²) in [5.74, 6) is 1.84. The van der Waals surface area contributed by atoms with Gasteiger partial charge in [-0.1, -0.05) is 6.07 Å². The Morgan fingerprint density at radius 1 is 1.15 bits per heavy atom. The Morgan fingerprint density at radius 2 is 1.92 bits per heavy atom. The topological polar surface area (TPSA) is 86.3 Å². The molecule has 0 spiro atoms. The molecule has 0 bridgehead atoms. The molecule has 0 aromatic heterocycles. The lowest BCUT2D eigenvalue weighted by atomic mass is 9.95. The summed E-state index contributed by atoms with van der Waals surface area (Å²) >= 11 is 0. The Bertz CT molecular complexity index is 818. The number of fused-ring (bicyclic) bond motifs is 1. The number of carbonyl (C=O) groups is 1. The largest absolute Gasteiger partial charge is 0.497 e. The second-order valence-corrected chi connectivity index (χ2v) is 6.09. The van der Waals surface area contributed by atoms with E-state index < -0.39 is 5.60 Å². The lowest BCUT2D eigenvalue weighted by Gasteiger charge is -2.24. The quantitative estimate of drug-likeness (QED) is 0.821. The van der Waals surface area contributed by atoms with E-state index in [1.807, 2.05) is 0 Å². The van der Waals surface area contributed by atoms with Gasteiger partial charge in [0.2, 0.25) is 6.79 Å². The van der Waals surface area contributed by atoms with Crippen LogP contribution in [0.2, 0.25) is 0 Å². The predicted octanol–water partition coefficient (Wildman–Crippen LogP) is 2.07. The van der Waals surface area contributed by atoms with Crippen molar-refractivity contribution in [3.8, 4) is 23.0 Å². The predicted molar refractivity (Wildman–Crippen MR) is 94.0 cm³/mol. The molecule has 26 heavy (non-hydrogen) atoms. The van der Waals surface area contributed by atoms with Crippen molar-refractivity contribution < 1.29 is 28.8 Å². The summed E-state index contributed by atoms with van der Waals surface area (Å²) in [6.07, 6.45) is 0. The average Bonchev–Trinajstić information content (AvgIpc) is 3.13. The summed E-state index contributed by atoms with van der Waals surface area (Å²) in [5.41, 5.74) is -0.311. The average molecular weight is 359 g/mol. The maximum atomic E-state index is 12.5. The molecule has 3 rings (SSSR count). The smallest absolute Gasteiger partial charge is 0.255 e. The molecule has 0 aliphatic carbocycles. The number of hydrogen-bond acceptors (Lipinski definition) is 6. The fraction of sp³-hybridized carbons (Fsp3) is 0.316. The summed E-state index contributed by atoms with van der Waals surface area (Å²) in [4.78, 5) is 12.5. The van der Waals surface area contributed by atoms with Gasteiger partial charge in [0.1, 0.15) is 17.1 Å². The highest BCUT2D eigenvalue weighted by Crippen LogP contribution is 2.35. The molecular formula is C19H21NO6. The summed E-state index contributed by atoms with van der Waals surface area (Å²) in [7, 11) is 3.02. The molecule has 0 radical (unpaired) electrons. The summed E-state index contributed by atoms with van der Waals surface area (Å²) < 4.78 is 21.0. The van der Waals surface area contributed by atoms with Crippen molar-refractivity contribution in [1.82, 2.24) is 5.32 Å². The number of aliphatic hydroxyl groups is 1. The van der Waals surface area contributed by atoms with E-state index >= 15 is 0 Å². The first-order valence-corrected chi connectivity index (χ1v) is 8.07. The molecule has 1 amide bonds. The standard InChI is InChI=1S/C19H21NO6/c1-19(22,12-4-7-15-17(8-12)26-11-25-15)10-20-18(21)14-6-5-13(23-2)9-16(14)24-3/h4-9,22H,10-11H2,1-3H3,(H,20,21). The van der Waals surface area contributed by atoms with Crippen LogP contribution in [-0.2, 0) is 5.60 Å².